The Hall–Kier alpha value is -3.36. The van der Waals surface area contributed by atoms with Crippen molar-refractivity contribution in [2.75, 3.05) is 26.1 Å². The van der Waals surface area contributed by atoms with Crippen molar-refractivity contribution in [1.82, 2.24) is 15.1 Å². The number of benzene rings is 1. The topological polar surface area (TPSA) is 109 Å². The average molecular weight is 358 g/mol. The summed E-state index contributed by atoms with van der Waals surface area (Å²) in [5, 5.41) is 7.27. The number of hydrogen-bond acceptors (Lipinski definition) is 9. The van der Waals surface area contributed by atoms with Crippen LogP contribution in [0.2, 0.25) is 0 Å². The molecule has 0 aliphatic carbocycles. The van der Waals surface area contributed by atoms with Crippen LogP contribution in [0, 0.1) is 6.92 Å². The van der Waals surface area contributed by atoms with Gasteiger partial charge in [-0.1, -0.05) is 5.16 Å². The van der Waals surface area contributed by atoms with Gasteiger partial charge in [-0.2, -0.15) is 4.98 Å². The minimum absolute atomic E-state index is 0.0132. The Kier molecular flexibility index (Phi) is 4.87. The summed E-state index contributed by atoms with van der Waals surface area (Å²) in [7, 11) is 3.12. The van der Waals surface area contributed by atoms with E-state index in [1.54, 1.807) is 46.3 Å². The summed E-state index contributed by atoms with van der Waals surface area (Å²) in [6.07, 6.45) is 0. The summed E-state index contributed by atoms with van der Waals surface area (Å²) >= 11 is 0. The molecule has 9 heteroatoms. The van der Waals surface area contributed by atoms with E-state index >= 15 is 0 Å². The normalized spacial score (nSPS) is 10.6. The van der Waals surface area contributed by atoms with Gasteiger partial charge in [0.25, 0.3) is 5.71 Å². The SMILES string of the molecule is CCOC(=O)c1noc2nc(C)nc(Nc3cc(OC)cc(OC)c3)c12. The molecule has 0 bridgehead atoms. The molecule has 9 nitrogen and oxygen atoms in total. The summed E-state index contributed by atoms with van der Waals surface area (Å²) in [5.74, 6) is 1.42. The molecule has 0 amide bonds. The lowest BCUT2D eigenvalue weighted by molar-refractivity contribution is 0.0517. The number of methoxy groups -OCH3 is 2. The fraction of sp³-hybridized carbons (Fsp3) is 0.294. The van der Waals surface area contributed by atoms with E-state index in [1.165, 1.54) is 0 Å². The third kappa shape index (κ3) is 3.37. The third-order valence-electron chi connectivity index (χ3n) is 3.53. The fourth-order valence-electron chi connectivity index (χ4n) is 2.41. The molecule has 1 aromatic carbocycles. The van der Waals surface area contributed by atoms with Crippen molar-refractivity contribution < 1.29 is 23.5 Å². The number of ether oxygens (including phenoxy) is 3. The van der Waals surface area contributed by atoms with E-state index in [9.17, 15) is 4.79 Å². The number of nitrogens with one attached hydrogen (secondary N) is 1. The van der Waals surface area contributed by atoms with Crippen LogP contribution >= 0.6 is 0 Å². The summed E-state index contributed by atoms with van der Waals surface area (Å²) in [5.41, 5.74) is 0.855. The van der Waals surface area contributed by atoms with Crippen LogP contribution in [-0.2, 0) is 4.74 Å². The number of anilines is 2. The molecule has 0 radical (unpaired) electrons. The van der Waals surface area contributed by atoms with E-state index in [0.717, 1.165) is 0 Å². The van der Waals surface area contributed by atoms with Gasteiger partial charge in [-0.05, 0) is 13.8 Å². The number of carbonyl (C=O) groups is 1. The van der Waals surface area contributed by atoms with Gasteiger partial charge in [0.2, 0.25) is 5.69 Å². The highest BCUT2D eigenvalue weighted by Gasteiger charge is 2.23. The van der Waals surface area contributed by atoms with E-state index in [-0.39, 0.29) is 18.0 Å². The predicted molar refractivity (Wildman–Crippen MR) is 93.1 cm³/mol. The predicted octanol–water partition coefficient (Wildman–Crippen LogP) is 2.86. The van der Waals surface area contributed by atoms with Crippen LogP contribution in [0.3, 0.4) is 0 Å². The fourth-order valence-corrected chi connectivity index (χ4v) is 2.41. The number of aryl methyl sites for hydroxylation is 1. The zero-order valence-corrected chi connectivity index (χ0v) is 14.8. The van der Waals surface area contributed by atoms with Crippen molar-refractivity contribution in [2.24, 2.45) is 0 Å². The zero-order valence-electron chi connectivity index (χ0n) is 14.8. The van der Waals surface area contributed by atoms with Gasteiger partial charge in [-0.25, -0.2) is 9.78 Å². The molecule has 0 aliphatic rings. The summed E-state index contributed by atoms with van der Waals surface area (Å²) in [6.45, 7) is 3.64. The molecule has 3 aromatic rings. The van der Waals surface area contributed by atoms with Crippen LogP contribution in [0.25, 0.3) is 11.1 Å². The summed E-state index contributed by atoms with van der Waals surface area (Å²) < 4.78 is 20.7. The molecule has 0 fully saturated rings. The second-order valence-electron chi connectivity index (χ2n) is 5.28. The number of rotatable bonds is 6. The average Bonchev–Trinajstić information content (AvgIpc) is 3.05. The molecule has 2 heterocycles. The first-order valence-corrected chi connectivity index (χ1v) is 7.87. The highest BCUT2D eigenvalue weighted by atomic mass is 16.5. The molecule has 26 heavy (non-hydrogen) atoms. The number of aromatic nitrogens is 3. The first-order valence-electron chi connectivity index (χ1n) is 7.87. The van der Waals surface area contributed by atoms with E-state index in [4.69, 9.17) is 18.7 Å². The Balaban J connectivity index is 2.09. The lowest BCUT2D eigenvalue weighted by atomic mass is 10.2. The van der Waals surface area contributed by atoms with Crippen LogP contribution in [0.15, 0.2) is 22.7 Å². The van der Waals surface area contributed by atoms with Crippen molar-refractivity contribution in [1.29, 1.82) is 0 Å². The second-order valence-corrected chi connectivity index (χ2v) is 5.28. The van der Waals surface area contributed by atoms with Crippen LogP contribution in [0.4, 0.5) is 11.5 Å². The number of nitrogens with zero attached hydrogens (tertiary/aromatic N) is 3. The maximum absolute atomic E-state index is 12.1. The molecule has 0 atom stereocenters. The molecule has 0 saturated carbocycles. The lowest BCUT2D eigenvalue weighted by Crippen LogP contribution is -2.07. The smallest absolute Gasteiger partial charge is 0.361 e. The third-order valence-corrected chi connectivity index (χ3v) is 3.53. The molecular weight excluding hydrogens is 340 g/mol. The number of hydrogen-bond donors (Lipinski definition) is 1. The van der Waals surface area contributed by atoms with Crippen molar-refractivity contribution >= 4 is 28.6 Å². The molecular formula is C17H18N4O5. The number of fused-ring (bicyclic) bond motifs is 1. The first-order chi connectivity index (χ1) is 12.5. The van der Waals surface area contributed by atoms with E-state index in [2.05, 4.69) is 20.4 Å². The minimum atomic E-state index is -0.607. The summed E-state index contributed by atoms with van der Waals surface area (Å²) in [6, 6.07) is 5.28. The van der Waals surface area contributed by atoms with Gasteiger partial charge in [0, 0.05) is 23.9 Å². The number of carbonyl (C=O) groups excluding carboxylic acids is 1. The Morgan fingerprint density at radius 3 is 2.46 bits per heavy atom. The van der Waals surface area contributed by atoms with Crippen LogP contribution in [-0.4, -0.2) is 41.9 Å². The quantitative estimate of drug-likeness (QED) is 0.665. The minimum Gasteiger partial charge on any atom is -0.497 e. The van der Waals surface area contributed by atoms with Gasteiger partial charge in [0.05, 0.1) is 20.8 Å². The molecule has 3 rings (SSSR count). The molecule has 2 aromatic heterocycles. The summed E-state index contributed by atoms with van der Waals surface area (Å²) in [4.78, 5) is 20.7. The van der Waals surface area contributed by atoms with Gasteiger partial charge in [0.15, 0.2) is 0 Å². The van der Waals surface area contributed by atoms with Crippen LogP contribution in [0.1, 0.15) is 23.2 Å². The highest BCUT2D eigenvalue weighted by molar-refractivity contribution is 6.05. The lowest BCUT2D eigenvalue weighted by Gasteiger charge is -2.11. The van der Waals surface area contributed by atoms with Crippen LogP contribution < -0.4 is 14.8 Å². The van der Waals surface area contributed by atoms with Crippen molar-refractivity contribution in [3.63, 3.8) is 0 Å². The second kappa shape index (κ2) is 7.26. The van der Waals surface area contributed by atoms with Crippen molar-refractivity contribution in [2.45, 2.75) is 13.8 Å². The van der Waals surface area contributed by atoms with Gasteiger partial charge in [-0.15, -0.1) is 0 Å². The van der Waals surface area contributed by atoms with Crippen molar-refractivity contribution in [3.8, 4) is 11.5 Å². The first kappa shape index (κ1) is 17.5. The zero-order chi connectivity index (χ0) is 18.7. The van der Waals surface area contributed by atoms with Gasteiger partial charge < -0.3 is 24.1 Å². The molecule has 136 valence electrons. The largest absolute Gasteiger partial charge is 0.497 e. The standard InChI is InChI=1S/C17H18N4O5/c1-5-25-17(22)14-13-15(18-9(2)19-16(13)26-21-14)20-10-6-11(23-3)8-12(7-10)24-4/h6-8H,5H2,1-4H3,(H,18,19,20). The Bertz CT molecular complexity index is 931. The maximum Gasteiger partial charge on any atom is 0.361 e. The number of esters is 1. The Morgan fingerprint density at radius 2 is 1.85 bits per heavy atom. The van der Waals surface area contributed by atoms with Crippen LogP contribution in [0.5, 0.6) is 11.5 Å². The van der Waals surface area contributed by atoms with Gasteiger partial charge in [-0.3, -0.25) is 0 Å². The van der Waals surface area contributed by atoms with E-state index < -0.39 is 5.97 Å². The molecule has 1 N–H and O–H groups in total. The molecule has 0 spiro atoms. The van der Waals surface area contributed by atoms with Gasteiger partial charge in [0.1, 0.15) is 28.5 Å². The van der Waals surface area contributed by atoms with E-state index in [1.807, 2.05) is 0 Å². The molecule has 0 saturated heterocycles. The van der Waals surface area contributed by atoms with Crippen molar-refractivity contribution in [3.05, 3.63) is 29.7 Å². The van der Waals surface area contributed by atoms with Gasteiger partial charge >= 0.3 is 5.97 Å². The maximum atomic E-state index is 12.1. The van der Waals surface area contributed by atoms with E-state index in [0.29, 0.717) is 34.2 Å². The highest BCUT2D eigenvalue weighted by Crippen LogP contribution is 2.31. The monoisotopic (exact) mass is 358 g/mol. The Labute approximate surface area is 149 Å². The molecule has 0 aliphatic heterocycles. The molecule has 0 unspecified atom stereocenters. The Morgan fingerprint density at radius 1 is 1.15 bits per heavy atom.